The SMILES string of the molecule is Cc1oc(-c2cccc(F)c2)nc1CN1CCC(C(O)c2cccs2)CC1. The number of halogens is 1. The Balaban J connectivity index is 1.38. The van der Waals surface area contributed by atoms with E-state index in [2.05, 4.69) is 9.88 Å². The lowest BCUT2D eigenvalue weighted by atomic mass is 9.90. The van der Waals surface area contributed by atoms with E-state index in [1.54, 1.807) is 23.5 Å². The van der Waals surface area contributed by atoms with Gasteiger partial charge < -0.3 is 9.52 Å². The summed E-state index contributed by atoms with van der Waals surface area (Å²) in [5.41, 5.74) is 1.55. The average Bonchev–Trinajstić information content (AvgIpc) is 3.32. The van der Waals surface area contributed by atoms with Gasteiger partial charge in [-0.15, -0.1) is 11.3 Å². The monoisotopic (exact) mass is 386 g/mol. The Kier molecular flexibility index (Phi) is 5.38. The second kappa shape index (κ2) is 7.92. The van der Waals surface area contributed by atoms with Gasteiger partial charge in [0.25, 0.3) is 0 Å². The van der Waals surface area contributed by atoms with Crippen LogP contribution >= 0.6 is 11.3 Å². The van der Waals surface area contributed by atoms with Crippen LogP contribution in [0.5, 0.6) is 0 Å². The van der Waals surface area contributed by atoms with Gasteiger partial charge in [-0.1, -0.05) is 12.1 Å². The van der Waals surface area contributed by atoms with Gasteiger partial charge in [0, 0.05) is 17.0 Å². The van der Waals surface area contributed by atoms with Crippen molar-refractivity contribution in [2.75, 3.05) is 13.1 Å². The van der Waals surface area contributed by atoms with Crippen LogP contribution in [0.25, 0.3) is 11.5 Å². The highest BCUT2D eigenvalue weighted by Gasteiger charge is 2.27. The Morgan fingerprint density at radius 3 is 2.81 bits per heavy atom. The standard InChI is InChI=1S/C21H23FN2O2S/c1-14-18(23-21(26-14)16-4-2-5-17(22)12-16)13-24-9-7-15(8-10-24)20(25)19-6-3-11-27-19/h2-6,11-12,15,20,25H,7-10,13H2,1H3. The van der Waals surface area contributed by atoms with Crippen molar-refractivity contribution in [3.05, 3.63) is 63.9 Å². The molecular formula is C21H23FN2O2S. The molecule has 1 atom stereocenters. The molecule has 1 aliphatic heterocycles. The van der Waals surface area contributed by atoms with Crippen LogP contribution in [-0.4, -0.2) is 28.1 Å². The van der Waals surface area contributed by atoms with Crippen LogP contribution < -0.4 is 0 Å². The third kappa shape index (κ3) is 4.13. The van der Waals surface area contributed by atoms with Gasteiger partial charge in [0.2, 0.25) is 5.89 Å². The van der Waals surface area contributed by atoms with Crippen LogP contribution in [0.4, 0.5) is 4.39 Å². The smallest absolute Gasteiger partial charge is 0.226 e. The molecule has 0 radical (unpaired) electrons. The molecule has 0 spiro atoms. The summed E-state index contributed by atoms with van der Waals surface area (Å²) in [5, 5.41) is 12.6. The number of likely N-dealkylation sites (tertiary alicyclic amines) is 1. The summed E-state index contributed by atoms with van der Waals surface area (Å²) in [7, 11) is 0. The molecule has 0 aliphatic carbocycles. The number of aryl methyl sites for hydroxylation is 1. The van der Waals surface area contributed by atoms with Crippen molar-refractivity contribution in [2.45, 2.75) is 32.4 Å². The van der Waals surface area contributed by atoms with E-state index in [-0.39, 0.29) is 11.9 Å². The van der Waals surface area contributed by atoms with Crippen LogP contribution in [0.3, 0.4) is 0 Å². The largest absolute Gasteiger partial charge is 0.441 e. The summed E-state index contributed by atoms with van der Waals surface area (Å²) in [6.07, 6.45) is 1.57. The Labute approximate surface area is 162 Å². The van der Waals surface area contributed by atoms with E-state index in [1.165, 1.54) is 12.1 Å². The zero-order valence-electron chi connectivity index (χ0n) is 15.3. The maximum Gasteiger partial charge on any atom is 0.226 e. The van der Waals surface area contributed by atoms with E-state index >= 15 is 0 Å². The van der Waals surface area contributed by atoms with Crippen molar-refractivity contribution in [1.29, 1.82) is 0 Å². The first-order valence-corrected chi connectivity index (χ1v) is 10.1. The van der Waals surface area contributed by atoms with Crippen molar-refractivity contribution in [3.63, 3.8) is 0 Å². The number of aromatic nitrogens is 1. The van der Waals surface area contributed by atoms with Crippen LogP contribution in [0, 0.1) is 18.7 Å². The Hall–Kier alpha value is -2.02. The number of oxazole rings is 1. The van der Waals surface area contributed by atoms with Crippen LogP contribution in [0.15, 0.2) is 46.2 Å². The van der Waals surface area contributed by atoms with Crippen molar-refractivity contribution >= 4 is 11.3 Å². The van der Waals surface area contributed by atoms with E-state index in [1.807, 2.05) is 24.4 Å². The number of benzene rings is 1. The molecule has 3 heterocycles. The zero-order valence-corrected chi connectivity index (χ0v) is 16.1. The molecule has 4 nitrogen and oxygen atoms in total. The molecular weight excluding hydrogens is 363 g/mol. The van der Waals surface area contributed by atoms with Crippen LogP contribution in [-0.2, 0) is 6.54 Å². The minimum Gasteiger partial charge on any atom is -0.441 e. The summed E-state index contributed by atoms with van der Waals surface area (Å²) < 4.78 is 19.2. The number of hydrogen-bond acceptors (Lipinski definition) is 5. The molecule has 2 aromatic heterocycles. The fourth-order valence-corrected chi connectivity index (χ4v) is 4.45. The molecule has 1 unspecified atom stereocenters. The molecule has 142 valence electrons. The van der Waals surface area contributed by atoms with Gasteiger partial charge in [0.1, 0.15) is 11.6 Å². The van der Waals surface area contributed by atoms with Gasteiger partial charge in [0.15, 0.2) is 0 Å². The Morgan fingerprint density at radius 2 is 2.11 bits per heavy atom. The topological polar surface area (TPSA) is 49.5 Å². The van der Waals surface area contributed by atoms with Crippen molar-refractivity contribution in [2.24, 2.45) is 5.92 Å². The number of aliphatic hydroxyl groups excluding tert-OH is 1. The summed E-state index contributed by atoms with van der Waals surface area (Å²) in [4.78, 5) is 7.99. The molecule has 6 heteroatoms. The molecule has 1 aliphatic rings. The fourth-order valence-electron chi connectivity index (χ4n) is 3.65. The van der Waals surface area contributed by atoms with Crippen molar-refractivity contribution in [1.82, 2.24) is 9.88 Å². The lowest BCUT2D eigenvalue weighted by Crippen LogP contribution is -2.35. The van der Waals surface area contributed by atoms with Gasteiger partial charge in [-0.05, 0) is 68.4 Å². The van der Waals surface area contributed by atoms with Crippen LogP contribution in [0.1, 0.15) is 35.3 Å². The summed E-state index contributed by atoms with van der Waals surface area (Å²) in [6.45, 7) is 4.47. The fraction of sp³-hybridized carbons (Fsp3) is 0.381. The number of piperidine rings is 1. The minimum absolute atomic E-state index is 0.295. The van der Waals surface area contributed by atoms with Crippen molar-refractivity contribution < 1.29 is 13.9 Å². The molecule has 1 aromatic carbocycles. The lowest BCUT2D eigenvalue weighted by Gasteiger charge is -2.33. The van der Waals surface area contributed by atoms with E-state index in [9.17, 15) is 9.50 Å². The highest BCUT2D eigenvalue weighted by Crippen LogP contribution is 2.33. The first kappa shape index (κ1) is 18.3. The van der Waals surface area contributed by atoms with E-state index in [0.29, 0.717) is 23.9 Å². The number of nitrogens with zero attached hydrogens (tertiary/aromatic N) is 2. The van der Waals surface area contributed by atoms with Gasteiger partial charge in [0.05, 0.1) is 11.8 Å². The molecule has 0 bridgehead atoms. The average molecular weight is 386 g/mol. The third-order valence-electron chi connectivity index (χ3n) is 5.25. The van der Waals surface area contributed by atoms with Crippen LogP contribution in [0.2, 0.25) is 0 Å². The normalized spacial score (nSPS) is 17.3. The molecule has 27 heavy (non-hydrogen) atoms. The van der Waals surface area contributed by atoms with Gasteiger partial charge in [-0.3, -0.25) is 4.90 Å². The molecule has 1 N–H and O–H groups in total. The maximum atomic E-state index is 13.4. The predicted octanol–water partition coefficient (Wildman–Crippen LogP) is 4.80. The van der Waals surface area contributed by atoms with E-state index in [4.69, 9.17) is 4.42 Å². The Bertz CT molecular complexity index is 885. The summed E-state index contributed by atoms with van der Waals surface area (Å²) >= 11 is 1.62. The Morgan fingerprint density at radius 1 is 1.30 bits per heavy atom. The highest BCUT2D eigenvalue weighted by molar-refractivity contribution is 7.10. The first-order chi connectivity index (χ1) is 13.1. The van der Waals surface area contributed by atoms with E-state index in [0.717, 1.165) is 42.3 Å². The molecule has 4 rings (SSSR count). The number of aliphatic hydroxyl groups is 1. The van der Waals surface area contributed by atoms with Gasteiger partial charge >= 0.3 is 0 Å². The van der Waals surface area contributed by atoms with E-state index < -0.39 is 0 Å². The molecule has 0 saturated carbocycles. The third-order valence-corrected chi connectivity index (χ3v) is 6.19. The molecule has 1 saturated heterocycles. The molecule has 1 fully saturated rings. The minimum atomic E-state index is -0.361. The van der Waals surface area contributed by atoms with Crippen molar-refractivity contribution in [3.8, 4) is 11.5 Å². The predicted molar refractivity (Wildman–Crippen MR) is 104 cm³/mol. The van der Waals surface area contributed by atoms with Gasteiger partial charge in [-0.2, -0.15) is 0 Å². The zero-order chi connectivity index (χ0) is 18.8. The second-order valence-corrected chi connectivity index (χ2v) is 8.09. The number of rotatable bonds is 5. The number of hydrogen-bond donors (Lipinski definition) is 1. The quantitative estimate of drug-likeness (QED) is 0.685. The lowest BCUT2D eigenvalue weighted by molar-refractivity contribution is 0.0586. The summed E-state index contributed by atoms with van der Waals surface area (Å²) in [5.74, 6) is 1.25. The first-order valence-electron chi connectivity index (χ1n) is 9.26. The summed E-state index contributed by atoms with van der Waals surface area (Å²) in [6, 6.07) is 10.3. The maximum absolute atomic E-state index is 13.4. The second-order valence-electron chi connectivity index (χ2n) is 7.11. The molecule has 0 amide bonds. The highest BCUT2D eigenvalue weighted by atomic mass is 32.1. The van der Waals surface area contributed by atoms with Gasteiger partial charge in [-0.25, -0.2) is 9.37 Å². The molecule has 3 aromatic rings. The number of thiophene rings is 1.